The second-order valence-electron chi connectivity index (χ2n) is 4.56. The SMILES string of the molecule is CCCCC(CC)(CC(O)COCC)C(=O)O. The number of unbranched alkanes of at least 4 members (excludes halogenated alkanes) is 1. The van der Waals surface area contributed by atoms with Crippen LogP contribution in [-0.2, 0) is 9.53 Å². The third kappa shape index (κ3) is 5.50. The van der Waals surface area contributed by atoms with Gasteiger partial charge in [0, 0.05) is 6.61 Å². The zero-order valence-electron chi connectivity index (χ0n) is 11.2. The van der Waals surface area contributed by atoms with E-state index in [4.69, 9.17) is 4.74 Å². The highest BCUT2D eigenvalue weighted by molar-refractivity contribution is 5.74. The number of aliphatic hydroxyl groups is 1. The monoisotopic (exact) mass is 246 g/mol. The van der Waals surface area contributed by atoms with Gasteiger partial charge in [0.2, 0.25) is 0 Å². The van der Waals surface area contributed by atoms with E-state index in [0.717, 1.165) is 12.8 Å². The molecule has 0 aliphatic rings. The van der Waals surface area contributed by atoms with Crippen LogP contribution in [0.25, 0.3) is 0 Å². The Balaban J connectivity index is 4.50. The molecule has 0 saturated carbocycles. The summed E-state index contributed by atoms with van der Waals surface area (Å²) in [6, 6.07) is 0. The summed E-state index contributed by atoms with van der Waals surface area (Å²) in [5.74, 6) is -0.802. The van der Waals surface area contributed by atoms with Crippen LogP contribution in [0.1, 0.15) is 52.9 Å². The molecule has 0 saturated heterocycles. The van der Waals surface area contributed by atoms with Crippen molar-refractivity contribution >= 4 is 5.97 Å². The van der Waals surface area contributed by atoms with Crippen molar-refractivity contribution < 1.29 is 19.7 Å². The summed E-state index contributed by atoms with van der Waals surface area (Å²) in [5.41, 5.74) is -0.799. The lowest BCUT2D eigenvalue weighted by Crippen LogP contribution is -2.36. The van der Waals surface area contributed by atoms with Crippen LogP contribution in [0.2, 0.25) is 0 Å². The number of hydrogen-bond acceptors (Lipinski definition) is 3. The number of rotatable bonds is 10. The molecule has 0 aromatic heterocycles. The summed E-state index contributed by atoms with van der Waals surface area (Å²) < 4.78 is 5.13. The second-order valence-corrected chi connectivity index (χ2v) is 4.56. The molecule has 0 heterocycles. The summed E-state index contributed by atoms with van der Waals surface area (Å²) in [5, 5.41) is 19.2. The Morgan fingerprint density at radius 3 is 2.41 bits per heavy atom. The molecule has 2 unspecified atom stereocenters. The average molecular weight is 246 g/mol. The molecule has 0 fully saturated rings. The van der Waals surface area contributed by atoms with Crippen molar-refractivity contribution in [3.8, 4) is 0 Å². The van der Waals surface area contributed by atoms with Crippen LogP contribution < -0.4 is 0 Å². The van der Waals surface area contributed by atoms with Gasteiger partial charge in [-0.25, -0.2) is 0 Å². The standard InChI is InChI=1S/C13H26O4/c1-4-7-8-13(5-2,12(15)16)9-11(14)10-17-6-3/h11,14H,4-10H2,1-3H3,(H,15,16). The summed E-state index contributed by atoms with van der Waals surface area (Å²) >= 11 is 0. The van der Waals surface area contributed by atoms with Crippen LogP contribution in [-0.4, -0.2) is 35.5 Å². The third-order valence-corrected chi connectivity index (χ3v) is 3.28. The molecule has 0 aromatic carbocycles. The van der Waals surface area contributed by atoms with Gasteiger partial charge in [-0.2, -0.15) is 0 Å². The number of carboxylic acid groups (broad SMARTS) is 1. The fraction of sp³-hybridized carbons (Fsp3) is 0.923. The van der Waals surface area contributed by atoms with Crippen molar-refractivity contribution in [2.24, 2.45) is 5.41 Å². The normalized spacial score (nSPS) is 16.5. The fourth-order valence-electron chi connectivity index (χ4n) is 2.05. The van der Waals surface area contributed by atoms with E-state index in [1.807, 2.05) is 20.8 Å². The minimum absolute atomic E-state index is 0.220. The quantitative estimate of drug-likeness (QED) is 0.621. The smallest absolute Gasteiger partial charge is 0.309 e. The van der Waals surface area contributed by atoms with Gasteiger partial charge in [-0.05, 0) is 26.2 Å². The van der Waals surface area contributed by atoms with Crippen LogP contribution >= 0.6 is 0 Å². The molecular formula is C13H26O4. The number of aliphatic hydroxyl groups excluding tert-OH is 1. The van der Waals surface area contributed by atoms with Gasteiger partial charge in [-0.1, -0.05) is 26.7 Å². The van der Waals surface area contributed by atoms with Crippen molar-refractivity contribution in [3.05, 3.63) is 0 Å². The van der Waals surface area contributed by atoms with Gasteiger partial charge in [0.15, 0.2) is 0 Å². The maximum atomic E-state index is 11.4. The maximum absolute atomic E-state index is 11.4. The van der Waals surface area contributed by atoms with E-state index in [1.54, 1.807) is 0 Å². The molecule has 0 rings (SSSR count). The first-order valence-electron chi connectivity index (χ1n) is 6.51. The average Bonchev–Trinajstić information content (AvgIpc) is 2.31. The minimum Gasteiger partial charge on any atom is -0.481 e. The second kappa shape index (κ2) is 8.48. The van der Waals surface area contributed by atoms with Gasteiger partial charge >= 0.3 is 5.97 Å². The first kappa shape index (κ1) is 16.4. The van der Waals surface area contributed by atoms with Crippen molar-refractivity contribution in [1.29, 1.82) is 0 Å². The third-order valence-electron chi connectivity index (χ3n) is 3.28. The molecule has 0 radical (unpaired) electrons. The summed E-state index contributed by atoms with van der Waals surface area (Å²) in [6.45, 7) is 6.53. The number of ether oxygens (including phenoxy) is 1. The molecule has 0 aromatic rings. The molecule has 0 aliphatic carbocycles. The molecule has 0 bridgehead atoms. The fourth-order valence-corrected chi connectivity index (χ4v) is 2.05. The van der Waals surface area contributed by atoms with E-state index < -0.39 is 17.5 Å². The summed E-state index contributed by atoms with van der Waals surface area (Å²) in [7, 11) is 0. The highest BCUT2D eigenvalue weighted by Crippen LogP contribution is 2.34. The van der Waals surface area contributed by atoms with Crippen LogP contribution in [0.5, 0.6) is 0 Å². The Bertz CT molecular complexity index is 217. The zero-order valence-corrected chi connectivity index (χ0v) is 11.2. The van der Waals surface area contributed by atoms with Gasteiger partial charge in [0.05, 0.1) is 18.1 Å². The topological polar surface area (TPSA) is 66.8 Å². The molecule has 4 nitrogen and oxygen atoms in total. The van der Waals surface area contributed by atoms with Gasteiger partial charge < -0.3 is 14.9 Å². The van der Waals surface area contributed by atoms with E-state index in [1.165, 1.54) is 0 Å². The highest BCUT2D eigenvalue weighted by atomic mass is 16.5. The first-order chi connectivity index (χ1) is 8.02. The Labute approximate surface area is 104 Å². The van der Waals surface area contributed by atoms with Gasteiger partial charge in [-0.3, -0.25) is 4.79 Å². The van der Waals surface area contributed by atoms with E-state index in [0.29, 0.717) is 19.4 Å². The molecule has 102 valence electrons. The van der Waals surface area contributed by atoms with E-state index in [2.05, 4.69) is 0 Å². The number of hydrogen-bond donors (Lipinski definition) is 2. The number of carboxylic acids is 1. The molecular weight excluding hydrogens is 220 g/mol. The Kier molecular flexibility index (Phi) is 8.17. The van der Waals surface area contributed by atoms with Crippen molar-refractivity contribution in [2.45, 2.75) is 59.0 Å². The lowest BCUT2D eigenvalue weighted by atomic mass is 9.76. The Hall–Kier alpha value is -0.610. The van der Waals surface area contributed by atoms with Crippen molar-refractivity contribution in [3.63, 3.8) is 0 Å². The summed E-state index contributed by atoms with van der Waals surface area (Å²) in [6.07, 6.45) is 2.60. The largest absolute Gasteiger partial charge is 0.481 e. The Morgan fingerprint density at radius 2 is 2.00 bits per heavy atom. The lowest BCUT2D eigenvalue weighted by Gasteiger charge is -2.30. The van der Waals surface area contributed by atoms with Crippen LogP contribution in [0.15, 0.2) is 0 Å². The molecule has 0 aliphatic heterocycles. The van der Waals surface area contributed by atoms with Crippen LogP contribution in [0.4, 0.5) is 0 Å². The predicted molar refractivity (Wildman–Crippen MR) is 67.0 cm³/mol. The number of carbonyl (C=O) groups is 1. The Morgan fingerprint density at radius 1 is 1.35 bits per heavy atom. The molecule has 2 N–H and O–H groups in total. The number of aliphatic carboxylic acids is 1. The van der Waals surface area contributed by atoms with Crippen LogP contribution in [0.3, 0.4) is 0 Å². The van der Waals surface area contributed by atoms with Gasteiger partial charge in [0.1, 0.15) is 0 Å². The lowest BCUT2D eigenvalue weighted by molar-refractivity contribution is -0.152. The highest BCUT2D eigenvalue weighted by Gasteiger charge is 2.37. The van der Waals surface area contributed by atoms with E-state index >= 15 is 0 Å². The minimum atomic E-state index is -0.802. The van der Waals surface area contributed by atoms with Crippen molar-refractivity contribution in [2.75, 3.05) is 13.2 Å². The molecule has 4 heteroatoms. The van der Waals surface area contributed by atoms with E-state index in [9.17, 15) is 15.0 Å². The molecule has 2 atom stereocenters. The predicted octanol–water partition coefficient (Wildman–Crippen LogP) is 2.45. The van der Waals surface area contributed by atoms with Gasteiger partial charge in [-0.15, -0.1) is 0 Å². The van der Waals surface area contributed by atoms with E-state index in [-0.39, 0.29) is 13.0 Å². The molecule has 0 spiro atoms. The van der Waals surface area contributed by atoms with Gasteiger partial charge in [0.25, 0.3) is 0 Å². The molecule has 17 heavy (non-hydrogen) atoms. The zero-order chi connectivity index (χ0) is 13.3. The van der Waals surface area contributed by atoms with Crippen molar-refractivity contribution in [1.82, 2.24) is 0 Å². The first-order valence-corrected chi connectivity index (χ1v) is 6.51. The molecule has 0 amide bonds. The maximum Gasteiger partial charge on any atom is 0.309 e. The van der Waals surface area contributed by atoms with Crippen LogP contribution in [0, 0.1) is 5.41 Å². The summed E-state index contributed by atoms with van der Waals surface area (Å²) in [4.78, 5) is 11.4.